The molecule has 0 saturated heterocycles. The molecule has 0 heterocycles. The zero-order valence-corrected chi connectivity index (χ0v) is 43.2. The van der Waals surface area contributed by atoms with Gasteiger partial charge in [-0.25, -0.2) is 0 Å². The Bertz CT molecular complexity index is 1100. The summed E-state index contributed by atoms with van der Waals surface area (Å²) in [6.45, 7) is 4.84. The van der Waals surface area contributed by atoms with Crippen molar-refractivity contribution in [2.24, 2.45) is 0 Å². The van der Waals surface area contributed by atoms with Crippen LogP contribution in [0.3, 0.4) is 0 Å². The fraction of sp³-hybridized carbons (Fsp3) is 0.831. The number of ether oxygens (including phenoxy) is 1. The molecule has 0 bridgehead atoms. The number of hydrogen-bond acceptors (Lipinski definition) is 5. The summed E-state index contributed by atoms with van der Waals surface area (Å²) in [5.41, 5.74) is 0. The summed E-state index contributed by atoms with van der Waals surface area (Å²) < 4.78 is 5.47. The summed E-state index contributed by atoms with van der Waals surface area (Å²) in [5, 5.41) is 23.1. The van der Waals surface area contributed by atoms with Gasteiger partial charge in [0.05, 0.1) is 25.4 Å². The maximum absolute atomic E-state index is 12.4. The standard InChI is InChI=1S/C59H109NO5/c1-3-5-7-9-11-13-15-17-19-21-22-23-25-29-33-37-41-45-49-53-59(64)65-54-50-46-42-38-34-30-26-28-32-36-40-44-48-52-58(63)60-56(55-61)57(62)51-47-43-39-35-31-27-24-20-18-16-14-12-10-8-6-4-2/h11,13,17,19,28,32,47,51,56-57,61-62H,3-10,12,14-16,18,20-27,29-31,33-46,48-50,52-55H2,1-2H3,(H,60,63)/b13-11-,19-17-,32-28-,51-47+. The smallest absolute Gasteiger partial charge is 0.305 e. The maximum Gasteiger partial charge on any atom is 0.305 e. The second kappa shape index (κ2) is 54.4. The molecule has 1 amide bonds. The summed E-state index contributed by atoms with van der Waals surface area (Å²) in [4.78, 5) is 24.5. The molecule has 0 saturated carbocycles. The van der Waals surface area contributed by atoms with E-state index >= 15 is 0 Å². The van der Waals surface area contributed by atoms with Gasteiger partial charge in [0.25, 0.3) is 0 Å². The molecular weight excluding hydrogens is 803 g/mol. The lowest BCUT2D eigenvalue weighted by Gasteiger charge is -2.19. The average Bonchev–Trinajstić information content (AvgIpc) is 3.31. The third kappa shape index (κ3) is 51.1. The molecular formula is C59H109NO5. The number of rotatable bonds is 52. The normalized spacial score (nSPS) is 13.0. The monoisotopic (exact) mass is 912 g/mol. The number of hydrogen-bond donors (Lipinski definition) is 3. The Morgan fingerprint density at radius 3 is 1.23 bits per heavy atom. The number of esters is 1. The fourth-order valence-corrected chi connectivity index (χ4v) is 8.42. The fourth-order valence-electron chi connectivity index (χ4n) is 8.42. The third-order valence-corrected chi connectivity index (χ3v) is 12.8. The van der Waals surface area contributed by atoms with Crippen molar-refractivity contribution in [3.63, 3.8) is 0 Å². The largest absolute Gasteiger partial charge is 0.466 e. The zero-order valence-electron chi connectivity index (χ0n) is 43.2. The van der Waals surface area contributed by atoms with Gasteiger partial charge < -0.3 is 20.3 Å². The molecule has 2 atom stereocenters. The number of aliphatic hydroxyl groups excluding tert-OH is 2. The highest BCUT2D eigenvalue weighted by molar-refractivity contribution is 5.76. The van der Waals surface area contributed by atoms with Crippen molar-refractivity contribution in [3.8, 4) is 0 Å². The lowest BCUT2D eigenvalue weighted by Crippen LogP contribution is -2.45. The lowest BCUT2D eigenvalue weighted by atomic mass is 10.0. The molecule has 0 aromatic carbocycles. The first kappa shape index (κ1) is 62.8. The van der Waals surface area contributed by atoms with Crippen LogP contribution in [0.15, 0.2) is 48.6 Å². The lowest BCUT2D eigenvalue weighted by molar-refractivity contribution is -0.143. The van der Waals surface area contributed by atoms with Gasteiger partial charge >= 0.3 is 5.97 Å². The molecule has 6 heteroatoms. The van der Waals surface area contributed by atoms with Crippen LogP contribution < -0.4 is 5.32 Å². The second-order valence-corrected chi connectivity index (χ2v) is 19.3. The van der Waals surface area contributed by atoms with E-state index in [9.17, 15) is 19.8 Å². The quantitative estimate of drug-likeness (QED) is 0.0321. The van der Waals surface area contributed by atoms with Gasteiger partial charge in [-0.2, -0.15) is 0 Å². The van der Waals surface area contributed by atoms with Gasteiger partial charge in [0, 0.05) is 12.8 Å². The highest BCUT2D eigenvalue weighted by Crippen LogP contribution is 2.16. The van der Waals surface area contributed by atoms with Crippen molar-refractivity contribution < 1.29 is 24.5 Å². The number of carbonyl (C=O) groups is 2. The highest BCUT2D eigenvalue weighted by Gasteiger charge is 2.18. The van der Waals surface area contributed by atoms with Crippen LogP contribution in [0.2, 0.25) is 0 Å². The van der Waals surface area contributed by atoms with E-state index in [1.165, 1.54) is 186 Å². The van der Waals surface area contributed by atoms with Gasteiger partial charge in [0.15, 0.2) is 0 Å². The van der Waals surface area contributed by atoms with Gasteiger partial charge in [0.2, 0.25) is 5.91 Å². The summed E-state index contributed by atoms with van der Waals surface area (Å²) in [5.74, 6) is -0.116. The highest BCUT2D eigenvalue weighted by atomic mass is 16.5. The Balaban J connectivity index is 3.52. The number of carbonyl (C=O) groups excluding carboxylic acids is 2. The van der Waals surface area contributed by atoms with Crippen LogP contribution >= 0.6 is 0 Å². The predicted octanol–water partition coefficient (Wildman–Crippen LogP) is 17.4. The van der Waals surface area contributed by atoms with Crippen molar-refractivity contribution in [1.82, 2.24) is 5.32 Å². The third-order valence-electron chi connectivity index (χ3n) is 12.8. The van der Waals surface area contributed by atoms with Gasteiger partial charge in [-0.05, 0) is 89.9 Å². The number of allylic oxidation sites excluding steroid dienone is 7. The van der Waals surface area contributed by atoms with E-state index in [1.54, 1.807) is 6.08 Å². The van der Waals surface area contributed by atoms with Crippen LogP contribution in [-0.2, 0) is 14.3 Å². The number of nitrogens with one attached hydrogen (secondary N) is 1. The summed E-state index contributed by atoms with van der Waals surface area (Å²) in [7, 11) is 0. The predicted molar refractivity (Wildman–Crippen MR) is 282 cm³/mol. The molecule has 0 fully saturated rings. The van der Waals surface area contributed by atoms with Gasteiger partial charge in [0.1, 0.15) is 0 Å². The minimum Gasteiger partial charge on any atom is -0.466 e. The first-order chi connectivity index (χ1) is 32.0. The number of aliphatic hydroxyl groups is 2. The summed E-state index contributed by atoms with van der Waals surface area (Å²) in [6, 6.07) is -0.649. The molecule has 3 N–H and O–H groups in total. The van der Waals surface area contributed by atoms with Crippen molar-refractivity contribution in [3.05, 3.63) is 48.6 Å². The van der Waals surface area contributed by atoms with E-state index in [0.29, 0.717) is 19.4 Å². The van der Waals surface area contributed by atoms with Crippen molar-refractivity contribution >= 4 is 11.9 Å². The van der Waals surface area contributed by atoms with E-state index in [0.717, 1.165) is 77.0 Å². The van der Waals surface area contributed by atoms with E-state index < -0.39 is 12.1 Å². The Kier molecular flexibility index (Phi) is 52.6. The molecule has 380 valence electrons. The van der Waals surface area contributed by atoms with E-state index in [2.05, 4.69) is 55.6 Å². The average molecular weight is 913 g/mol. The van der Waals surface area contributed by atoms with E-state index in [-0.39, 0.29) is 18.5 Å². The molecule has 0 radical (unpaired) electrons. The molecule has 6 nitrogen and oxygen atoms in total. The molecule has 0 rings (SSSR count). The van der Waals surface area contributed by atoms with Crippen LogP contribution in [0.5, 0.6) is 0 Å². The van der Waals surface area contributed by atoms with E-state index in [4.69, 9.17) is 4.74 Å². The SMILES string of the molecule is CCCCC/C=C\C/C=C\CCCCCCCCCCCC(=O)OCCCCCCCC/C=C\CCCCCC(=O)NC(CO)C(O)/C=C/CCCCCCCCCCCCCCCC. The van der Waals surface area contributed by atoms with Crippen LogP contribution in [-0.4, -0.2) is 47.4 Å². The summed E-state index contributed by atoms with van der Waals surface area (Å²) in [6.07, 6.45) is 68.4. The van der Waals surface area contributed by atoms with Gasteiger partial charge in [-0.15, -0.1) is 0 Å². The molecule has 65 heavy (non-hydrogen) atoms. The first-order valence-corrected chi connectivity index (χ1v) is 28.4. The second-order valence-electron chi connectivity index (χ2n) is 19.3. The Morgan fingerprint density at radius 1 is 0.431 bits per heavy atom. The molecule has 0 aliphatic heterocycles. The van der Waals surface area contributed by atoms with Crippen LogP contribution in [0, 0.1) is 0 Å². The Labute approximate surface area is 404 Å². The van der Waals surface area contributed by atoms with Gasteiger partial charge in [-0.3, -0.25) is 9.59 Å². The molecule has 0 spiro atoms. The van der Waals surface area contributed by atoms with Crippen molar-refractivity contribution in [2.75, 3.05) is 13.2 Å². The van der Waals surface area contributed by atoms with Crippen LogP contribution in [0.4, 0.5) is 0 Å². The number of amides is 1. The molecule has 0 aromatic heterocycles. The van der Waals surface area contributed by atoms with Crippen molar-refractivity contribution in [1.29, 1.82) is 0 Å². The van der Waals surface area contributed by atoms with E-state index in [1.807, 2.05) is 6.08 Å². The molecule has 0 aliphatic rings. The Hall–Kier alpha value is -2.18. The molecule has 0 aromatic rings. The minimum absolute atomic E-state index is 0.0182. The molecule has 0 aliphatic carbocycles. The Morgan fingerprint density at radius 2 is 0.769 bits per heavy atom. The van der Waals surface area contributed by atoms with Gasteiger partial charge in [-0.1, -0.05) is 236 Å². The summed E-state index contributed by atoms with van der Waals surface area (Å²) >= 11 is 0. The maximum atomic E-state index is 12.4. The van der Waals surface area contributed by atoms with Crippen LogP contribution in [0.1, 0.15) is 290 Å². The zero-order chi connectivity index (χ0) is 47.2. The minimum atomic E-state index is -0.863. The van der Waals surface area contributed by atoms with Crippen LogP contribution in [0.25, 0.3) is 0 Å². The first-order valence-electron chi connectivity index (χ1n) is 28.4. The van der Waals surface area contributed by atoms with Crippen molar-refractivity contribution in [2.45, 2.75) is 302 Å². The molecule has 2 unspecified atom stereocenters. The number of unbranched alkanes of at least 4 members (excludes halogenated alkanes) is 35. The topological polar surface area (TPSA) is 95.9 Å².